The minimum Gasteiger partial charge on any atom is -0.504 e. The molecule has 0 aliphatic rings. The lowest BCUT2D eigenvalue weighted by molar-refractivity contribution is -0.142. The number of aromatic hydroxyl groups is 3. The van der Waals surface area contributed by atoms with E-state index in [1.165, 1.54) is 77.0 Å². The maximum atomic E-state index is 12.7. The Hall–Kier alpha value is -6.34. The molecule has 0 heterocycles. The van der Waals surface area contributed by atoms with Crippen molar-refractivity contribution in [2.75, 3.05) is 41.7 Å². The number of esters is 2. The topological polar surface area (TPSA) is 180 Å². The van der Waals surface area contributed by atoms with Crippen molar-refractivity contribution < 1.29 is 63.2 Å². The van der Waals surface area contributed by atoms with Crippen molar-refractivity contribution in [1.29, 1.82) is 0 Å². The molecule has 0 fully saturated rings. The molecule has 0 amide bonds. The van der Waals surface area contributed by atoms with Crippen LogP contribution in [0.1, 0.15) is 34.8 Å². The van der Waals surface area contributed by atoms with Gasteiger partial charge in [0, 0.05) is 12.2 Å². The van der Waals surface area contributed by atoms with Gasteiger partial charge in [0.05, 0.1) is 35.0 Å². The van der Waals surface area contributed by atoms with Gasteiger partial charge in [-0.25, -0.2) is 9.59 Å². The highest BCUT2D eigenvalue weighted by Gasteiger charge is 2.27. The average Bonchev–Trinajstić information content (AvgIpc) is 3.17. The van der Waals surface area contributed by atoms with Crippen LogP contribution >= 0.6 is 0 Å². The summed E-state index contributed by atoms with van der Waals surface area (Å²) in [7, 11) is 5.69. The number of benzene rings is 4. The minimum atomic E-state index is -1.34. The van der Waals surface area contributed by atoms with Gasteiger partial charge in [-0.1, -0.05) is 24.3 Å². The van der Waals surface area contributed by atoms with E-state index in [1.807, 2.05) is 0 Å². The fraction of sp³-hybridized carbons (Fsp3) is 0.250. The monoisotopic (exact) mass is 730 g/mol. The summed E-state index contributed by atoms with van der Waals surface area (Å²) < 4.78 is 37.9. The molecular formula is C40H42O13. The zero-order valence-electron chi connectivity index (χ0n) is 29.7. The molecule has 0 aliphatic carbocycles. The smallest absolute Gasteiger partial charge is 0.330 e. The lowest BCUT2D eigenvalue weighted by atomic mass is 10.0. The van der Waals surface area contributed by atoms with Crippen LogP contribution in [0.15, 0.2) is 84.9 Å². The molecule has 0 aliphatic heterocycles. The van der Waals surface area contributed by atoms with Crippen molar-refractivity contribution in [1.82, 2.24) is 0 Å². The van der Waals surface area contributed by atoms with E-state index in [0.717, 1.165) is 5.56 Å². The first-order chi connectivity index (χ1) is 25.5. The molecule has 4 aromatic carbocycles. The number of hydrogen-bond donors (Lipinski definition) is 4. The van der Waals surface area contributed by atoms with Gasteiger partial charge < -0.3 is 53.6 Å². The molecular weight excluding hydrogens is 688 g/mol. The molecule has 4 N–H and O–H groups in total. The van der Waals surface area contributed by atoms with Gasteiger partial charge in [-0.05, 0) is 95.8 Å². The largest absolute Gasteiger partial charge is 0.504 e. The van der Waals surface area contributed by atoms with Gasteiger partial charge in [0.2, 0.25) is 0 Å². The number of rotatable bonds is 18. The Morgan fingerprint density at radius 2 is 1.15 bits per heavy atom. The van der Waals surface area contributed by atoms with Crippen LogP contribution in [0.2, 0.25) is 0 Å². The van der Waals surface area contributed by atoms with Crippen molar-refractivity contribution in [3.63, 3.8) is 0 Å². The summed E-state index contributed by atoms with van der Waals surface area (Å²) in [5.41, 5.74) is 2.42. The van der Waals surface area contributed by atoms with Crippen LogP contribution in [0, 0.1) is 0 Å². The van der Waals surface area contributed by atoms with Crippen LogP contribution in [0.4, 0.5) is 0 Å². The molecule has 280 valence electrons. The summed E-state index contributed by atoms with van der Waals surface area (Å²) in [6.45, 7) is -0.218. The van der Waals surface area contributed by atoms with Gasteiger partial charge >= 0.3 is 11.9 Å². The van der Waals surface area contributed by atoms with Crippen LogP contribution in [0.25, 0.3) is 12.2 Å². The van der Waals surface area contributed by atoms with Crippen LogP contribution < -0.4 is 23.7 Å². The maximum Gasteiger partial charge on any atom is 0.330 e. The van der Waals surface area contributed by atoms with Gasteiger partial charge in [0.15, 0.2) is 52.1 Å². The average molecular weight is 731 g/mol. The summed E-state index contributed by atoms with van der Waals surface area (Å²) in [5.74, 6) is -0.151. The van der Waals surface area contributed by atoms with Gasteiger partial charge in [-0.15, -0.1) is 0 Å². The molecule has 4 aromatic rings. The SMILES string of the molecule is COc1cc(/C=C\C(=O)OCCCc2ccc(O[C@@H](COC(=O)/C=C\c3ccc(O)c(OC)c3)[C@H](O)c3ccc(O)c(OC)c3)c(OC)c2)ccc1O. The quantitative estimate of drug-likeness (QED) is 0.0552. The predicted molar refractivity (Wildman–Crippen MR) is 195 cm³/mol. The van der Waals surface area contributed by atoms with E-state index in [2.05, 4.69) is 0 Å². The Morgan fingerprint density at radius 1 is 0.623 bits per heavy atom. The molecule has 0 aromatic heterocycles. The number of phenols is 3. The van der Waals surface area contributed by atoms with Crippen LogP contribution in [0.5, 0.6) is 46.0 Å². The van der Waals surface area contributed by atoms with E-state index in [0.29, 0.717) is 35.3 Å². The third-order valence-electron chi connectivity index (χ3n) is 7.88. The van der Waals surface area contributed by atoms with Gasteiger partial charge in [0.1, 0.15) is 12.7 Å². The highest BCUT2D eigenvalue weighted by atomic mass is 16.6. The molecule has 4 rings (SSSR count). The van der Waals surface area contributed by atoms with Gasteiger partial charge in [0.25, 0.3) is 0 Å². The second-order valence-corrected chi connectivity index (χ2v) is 11.4. The number of aliphatic hydroxyl groups excluding tert-OH is 1. The van der Waals surface area contributed by atoms with E-state index in [-0.39, 0.29) is 53.5 Å². The van der Waals surface area contributed by atoms with E-state index >= 15 is 0 Å². The first kappa shape index (κ1) is 39.4. The molecule has 2 atom stereocenters. The number of aliphatic hydroxyl groups is 1. The van der Waals surface area contributed by atoms with E-state index in [4.69, 9.17) is 33.2 Å². The van der Waals surface area contributed by atoms with Gasteiger partial charge in [-0.3, -0.25) is 0 Å². The number of carbonyl (C=O) groups excluding carboxylic acids is 2. The van der Waals surface area contributed by atoms with Crippen LogP contribution in [0.3, 0.4) is 0 Å². The van der Waals surface area contributed by atoms with Crippen LogP contribution in [-0.4, -0.2) is 80.1 Å². The van der Waals surface area contributed by atoms with Crippen molar-refractivity contribution in [3.05, 3.63) is 107 Å². The van der Waals surface area contributed by atoms with Crippen molar-refractivity contribution >= 4 is 24.1 Å². The van der Waals surface area contributed by atoms with Crippen molar-refractivity contribution in [2.45, 2.75) is 25.0 Å². The second kappa shape index (κ2) is 19.3. The van der Waals surface area contributed by atoms with Crippen molar-refractivity contribution in [2.24, 2.45) is 0 Å². The molecule has 0 saturated heterocycles. The normalized spacial score (nSPS) is 12.2. The summed E-state index contributed by atoms with van der Waals surface area (Å²) >= 11 is 0. The zero-order valence-corrected chi connectivity index (χ0v) is 29.7. The molecule has 0 spiro atoms. The summed E-state index contributed by atoms with van der Waals surface area (Å²) in [6.07, 6.45) is 4.10. The lowest BCUT2D eigenvalue weighted by Gasteiger charge is -2.25. The summed E-state index contributed by atoms with van der Waals surface area (Å²) in [6, 6.07) is 18.8. The second-order valence-electron chi connectivity index (χ2n) is 11.4. The Morgan fingerprint density at radius 3 is 1.72 bits per heavy atom. The van der Waals surface area contributed by atoms with Crippen molar-refractivity contribution in [3.8, 4) is 46.0 Å². The Labute approximate surface area is 306 Å². The third kappa shape index (κ3) is 11.3. The molecule has 0 unspecified atom stereocenters. The lowest BCUT2D eigenvalue weighted by Crippen LogP contribution is -2.31. The Kier molecular flexibility index (Phi) is 14.4. The van der Waals surface area contributed by atoms with E-state index < -0.39 is 24.1 Å². The minimum absolute atomic E-state index is 0.00410. The van der Waals surface area contributed by atoms with Gasteiger partial charge in [-0.2, -0.15) is 0 Å². The predicted octanol–water partition coefficient (Wildman–Crippen LogP) is 5.76. The Balaban J connectivity index is 1.41. The van der Waals surface area contributed by atoms with E-state index in [1.54, 1.807) is 48.5 Å². The van der Waals surface area contributed by atoms with E-state index in [9.17, 15) is 30.0 Å². The highest BCUT2D eigenvalue weighted by molar-refractivity contribution is 5.87. The number of carbonyl (C=O) groups is 2. The first-order valence-electron chi connectivity index (χ1n) is 16.4. The Bertz CT molecular complexity index is 1920. The molecule has 13 heteroatoms. The summed E-state index contributed by atoms with van der Waals surface area (Å²) in [5, 5.41) is 41.0. The summed E-state index contributed by atoms with van der Waals surface area (Å²) in [4.78, 5) is 24.9. The maximum absolute atomic E-state index is 12.7. The number of ether oxygens (including phenoxy) is 7. The molecule has 13 nitrogen and oxygen atoms in total. The molecule has 53 heavy (non-hydrogen) atoms. The molecule has 0 radical (unpaired) electrons. The molecule has 0 saturated carbocycles. The van der Waals surface area contributed by atoms with Crippen LogP contribution in [-0.2, 0) is 25.5 Å². The number of methoxy groups -OCH3 is 4. The number of phenolic OH excluding ortho intramolecular Hbond substituents is 3. The highest BCUT2D eigenvalue weighted by Crippen LogP contribution is 2.35. The number of hydrogen-bond acceptors (Lipinski definition) is 13. The standard InChI is InChI=1S/C40H42O13/c1-47-33-20-26(7-13-29(33)41)10-17-38(44)51-19-5-6-25-9-16-32(36(22-25)50-4)53-37(40(46)28-12-15-31(43)35(23-28)49-3)24-52-39(45)18-11-27-8-14-30(42)34(21-27)48-2/h7-18,20-23,37,40-43,46H,5-6,19,24H2,1-4H3/b17-10-,18-11-/t37-,40+/m0/s1. The first-order valence-corrected chi connectivity index (χ1v) is 16.4. The third-order valence-corrected chi connectivity index (χ3v) is 7.88. The zero-order chi connectivity index (χ0) is 38.3. The fourth-order valence-electron chi connectivity index (χ4n) is 5.04. The molecule has 0 bridgehead atoms. The number of aryl methyl sites for hydroxylation is 1. The fourth-order valence-corrected chi connectivity index (χ4v) is 5.04.